The Morgan fingerprint density at radius 3 is 2.67 bits per heavy atom. The molecule has 2 aliphatic rings. The van der Waals surface area contributed by atoms with Crippen molar-refractivity contribution in [1.82, 2.24) is 14.7 Å². The van der Waals surface area contributed by atoms with Gasteiger partial charge in [-0.05, 0) is 63.9 Å². The van der Waals surface area contributed by atoms with Crippen LogP contribution >= 0.6 is 0 Å². The molecule has 0 saturated carbocycles. The summed E-state index contributed by atoms with van der Waals surface area (Å²) in [6.07, 6.45) is 4.74. The Kier molecular flexibility index (Phi) is 9.15. The van der Waals surface area contributed by atoms with E-state index >= 15 is 0 Å². The number of halogens is 2. The smallest absolute Gasteiger partial charge is 0.178 e. The van der Waals surface area contributed by atoms with Crippen LogP contribution < -0.4 is 4.74 Å². The van der Waals surface area contributed by atoms with Crippen LogP contribution in [0.15, 0.2) is 47.6 Å². The number of nitrogens with zero attached hydrogens (tertiary/aromatic N) is 4. The zero-order valence-electron chi connectivity index (χ0n) is 21.4. The van der Waals surface area contributed by atoms with E-state index in [2.05, 4.69) is 40.1 Å². The number of hydrogen-bond acceptors (Lipinski definition) is 5. The van der Waals surface area contributed by atoms with Crippen LogP contribution in [0, 0.1) is 17.6 Å². The largest absolute Gasteiger partial charge is 0.493 e. The fourth-order valence-electron chi connectivity index (χ4n) is 5.27. The molecule has 0 amide bonds. The number of oxime groups is 1. The van der Waals surface area contributed by atoms with Crippen molar-refractivity contribution in [3.63, 3.8) is 0 Å². The maximum absolute atomic E-state index is 14.3. The SMILES string of the molecule is C[C@H]1CC[C@H](COc2ccccc2CN2CCCC2)CN1CCN(C)C(=NO)c1cccc(F)c1F. The Balaban J connectivity index is 1.31. The number of amidine groups is 1. The van der Waals surface area contributed by atoms with E-state index in [-0.39, 0.29) is 11.4 Å². The molecule has 0 aliphatic carbocycles. The first kappa shape index (κ1) is 26.4. The van der Waals surface area contributed by atoms with Crippen molar-refractivity contribution in [2.24, 2.45) is 11.1 Å². The molecule has 6 nitrogen and oxygen atoms in total. The van der Waals surface area contributed by atoms with Gasteiger partial charge in [-0.15, -0.1) is 0 Å². The first-order valence-electron chi connectivity index (χ1n) is 13.0. The minimum absolute atomic E-state index is 0.0196. The summed E-state index contributed by atoms with van der Waals surface area (Å²) in [4.78, 5) is 6.56. The van der Waals surface area contributed by atoms with Crippen LogP contribution in [-0.2, 0) is 6.54 Å². The molecule has 8 heteroatoms. The van der Waals surface area contributed by atoms with Crippen LogP contribution in [0.5, 0.6) is 5.75 Å². The number of benzene rings is 2. The number of likely N-dealkylation sites (tertiary alicyclic amines) is 2. The van der Waals surface area contributed by atoms with Gasteiger partial charge < -0.3 is 14.8 Å². The van der Waals surface area contributed by atoms with Gasteiger partial charge in [0.05, 0.1) is 12.2 Å². The zero-order valence-corrected chi connectivity index (χ0v) is 21.4. The van der Waals surface area contributed by atoms with Crippen LogP contribution in [-0.4, -0.2) is 78.2 Å². The van der Waals surface area contributed by atoms with Gasteiger partial charge in [-0.2, -0.15) is 0 Å². The van der Waals surface area contributed by atoms with Crippen molar-refractivity contribution in [2.75, 3.05) is 46.4 Å². The number of hydrogen-bond donors (Lipinski definition) is 1. The van der Waals surface area contributed by atoms with Crippen molar-refractivity contribution in [3.05, 3.63) is 65.2 Å². The fourth-order valence-corrected chi connectivity index (χ4v) is 5.27. The molecule has 2 heterocycles. The van der Waals surface area contributed by atoms with Crippen LogP contribution in [0.4, 0.5) is 8.78 Å². The van der Waals surface area contributed by atoms with Gasteiger partial charge in [0.2, 0.25) is 0 Å². The summed E-state index contributed by atoms with van der Waals surface area (Å²) in [5.41, 5.74) is 1.20. The van der Waals surface area contributed by atoms with Gasteiger partial charge in [-0.1, -0.05) is 29.4 Å². The topological polar surface area (TPSA) is 51.5 Å². The van der Waals surface area contributed by atoms with Gasteiger partial charge in [0.1, 0.15) is 5.75 Å². The maximum Gasteiger partial charge on any atom is 0.178 e. The Labute approximate surface area is 213 Å². The molecule has 4 rings (SSSR count). The Morgan fingerprint density at radius 1 is 1.11 bits per heavy atom. The minimum atomic E-state index is -1.01. The van der Waals surface area contributed by atoms with E-state index in [0.29, 0.717) is 25.1 Å². The molecule has 0 unspecified atom stereocenters. The molecule has 2 aliphatic heterocycles. The molecule has 0 bridgehead atoms. The molecule has 36 heavy (non-hydrogen) atoms. The molecule has 2 saturated heterocycles. The Bertz CT molecular complexity index is 1030. The molecule has 0 aromatic heterocycles. The molecule has 2 fully saturated rings. The lowest BCUT2D eigenvalue weighted by Gasteiger charge is -2.39. The highest BCUT2D eigenvalue weighted by Gasteiger charge is 2.27. The van der Waals surface area contributed by atoms with E-state index < -0.39 is 11.6 Å². The van der Waals surface area contributed by atoms with Gasteiger partial charge in [-0.3, -0.25) is 9.80 Å². The van der Waals surface area contributed by atoms with Gasteiger partial charge in [-0.25, -0.2) is 8.78 Å². The summed E-state index contributed by atoms with van der Waals surface area (Å²) in [5.74, 6) is -0.554. The van der Waals surface area contributed by atoms with E-state index in [1.54, 1.807) is 11.9 Å². The van der Waals surface area contributed by atoms with E-state index in [9.17, 15) is 14.0 Å². The maximum atomic E-state index is 14.3. The summed E-state index contributed by atoms with van der Waals surface area (Å²) >= 11 is 0. The summed E-state index contributed by atoms with van der Waals surface area (Å²) in [5, 5.41) is 12.8. The Hall–Kier alpha value is -2.71. The van der Waals surface area contributed by atoms with Crippen molar-refractivity contribution < 1.29 is 18.7 Å². The molecule has 0 spiro atoms. The van der Waals surface area contributed by atoms with Crippen LogP contribution in [0.2, 0.25) is 0 Å². The quantitative estimate of drug-likeness (QED) is 0.232. The third-order valence-corrected chi connectivity index (χ3v) is 7.52. The molecular weight excluding hydrogens is 462 g/mol. The molecule has 2 atom stereocenters. The van der Waals surface area contributed by atoms with Gasteiger partial charge >= 0.3 is 0 Å². The average molecular weight is 501 g/mol. The fraction of sp³-hybridized carbons (Fsp3) is 0.536. The molecule has 1 N–H and O–H groups in total. The van der Waals surface area contributed by atoms with Crippen molar-refractivity contribution >= 4 is 5.84 Å². The van der Waals surface area contributed by atoms with E-state index in [4.69, 9.17) is 4.74 Å². The average Bonchev–Trinajstić information content (AvgIpc) is 3.39. The van der Waals surface area contributed by atoms with Crippen LogP contribution in [0.1, 0.15) is 43.7 Å². The molecule has 2 aromatic carbocycles. The lowest BCUT2D eigenvalue weighted by atomic mass is 9.94. The van der Waals surface area contributed by atoms with Gasteiger partial charge in [0.15, 0.2) is 17.5 Å². The molecule has 0 radical (unpaired) electrons. The highest BCUT2D eigenvalue weighted by atomic mass is 19.2. The second-order valence-electron chi connectivity index (χ2n) is 10.1. The van der Waals surface area contributed by atoms with Crippen molar-refractivity contribution in [3.8, 4) is 5.75 Å². The number of piperidine rings is 1. The van der Waals surface area contributed by atoms with Crippen LogP contribution in [0.3, 0.4) is 0 Å². The predicted octanol–water partition coefficient (Wildman–Crippen LogP) is 4.81. The van der Waals surface area contributed by atoms with E-state index in [0.717, 1.165) is 57.4 Å². The number of rotatable bonds is 9. The summed E-state index contributed by atoms with van der Waals surface area (Å²) in [7, 11) is 1.73. The third-order valence-electron chi connectivity index (χ3n) is 7.52. The highest BCUT2D eigenvalue weighted by Crippen LogP contribution is 2.26. The predicted molar refractivity (Wildman–Crippen MR) is 138 cm³/mol. The summed E-state index contributed by atoms with van der Waals surface area (Å²) < 4.78 is 34.3. The van der Waals surface area contributed by atoms with Gasteiger partial charge in [0.25, 0.3) is 0 Å². The zero-order chi connectivity index (χ0) is 25.5. The normalized spacial score (nSPS) is 21.6. The second kappa shape index (κ2) is 12.5. The Morgan fingerprint density at radius 2 is 1.89 bits per heavy atom. The highest BCUT2D eigenvalue weighted by molar-refractivity contribution is 5.98. The minimum Gasteiger partial charge on any atom is -0.493 e. The second-order valence-corrected chi connectivity index (χ2v) is 10.1. The monoisotopic (exact) mass is 500 g/mol. The number of likely N-dealkylation sites (N-methyl/N-ethyl adjacent to an activating group) is 1. The summed E-state index contributed by atoms with van der Waals surface area (Å²) in [6, 6.07) is 12.7. The number of para-hydroxylation sites is 1. The lowest BCUT2D eigenvalue weighted by Crippen LogP contribution is -2.47. The number of ether oxygens (including phenoxy) is 1. The standard InChI is InChI=1S/C28H38F2N4O2/c1-21-12-13-22(20-36-26-11-4-3-8-23(26)19-33-14-5-6-15-33)18-34(21)17-16-32(2)28(31-35)24-9-7-10-25(29)27(24)30/h3-4,7-11,21-22,35H,5-6,12-20H2,1-2H3/t21-,22-/m0/s1. The van der Waals surface area contributed by atoms with Crippen molar-refractivity contribution in [2.45, 2.75) is 45.2 Å². The third kappa shape index (κ3) is 6.53. The van der Waals surface area contributed by atoms with E-state index in [1.165, 1.54) is 30.5 Å². The molecule has 196 valence electrons. The van der Waals surface area contributed by atoms with E-state index in [1.807, 2.05) is 6.07 Å². The molecular formula is C28H38F2N4O2. The van der Waals surface area contributed by atoms with Crippen LogP contribution in [0.25, 0.3) is 0 Å². The summed E-state index contributed by atoms with van der Waals surface area (Å²) in [6.45, 7) is 8.30. The van der Waals surface area contributed by atoms with Gasteiger partial charge in [0, 0.05) is 50.7 Å². The molecule has 2 aromatic rings. The lowest BCUT2D eigenvalue weighted by molar-refractivity contribution is 0.0855. The first-order valence-corrected chi connectivity index (χ1v) is 13.0. The van der Waals surface area contributed by atoms with Crippen molar-refractivity contribution in [1.29, 1.82) is 0 Å². The first-order chi connectivity index (χ1) is 17.5.